The summed E-state index contributed by atoms with van der Waals surface area (Å²) in [4.78, 5) is 13.2. The molecule has 0 aliphatic carbocycles. The van der Waals surface area contributed by atoms with Gasteiger partial charge in [0.15, 0.2) is 0 Å². The van der Waals surface area contributed by atoms with Gasteiger partial charge in [-0.25, -0.2) is 5.43 Å². The van der Waals surface area contributed by atoms with Crippen LogP contribution in [0.5, 0.6) is 0 Å². The summed E-state index contributed by atoms with van der Waals surface area (Å²) in [5.74, 6) is 0.763. The van der Waals surface area contributed by atoms with Crippen molar-refractivity contribution in [3.8, 4) is 0 Å². The molecule has 15 heavy (non-hydrogen) atoms. The molecule has 0 radical (unpaired) electrons. The van der Waals surface area contributed by atoms with Crippen LogP contribution in [0.15, 0.2) is 38.9 Å². The highest BCUT2D eigenvalue weighted by atomic mass is 16.3. The van der Waals surface area contributed by atoms with E-state index in [1.54, 1.807) is 12.1 Å². The molecule has 76 valence electrons. The SMILES string of the molecule is O=c1cnnc(N/N=C/c2ccco2)[nH]1. The number of hydrazone groups is 1. The van der Waals surface area contributed by atoms with Gasteiger partial charge in [0.25, 0.3) is 5.56 Å². The van der Waals surface area contributed by atoms with Crippen LogP contribution in [0.3, 0.4) is 0 Å². The van der Waals surface area contributed by atoms with Crippen molar-refractivity contribution >= 4 is 12.2 Å². The van der Waals surface area contributed by atoms with E-state index in [9.17, 15) is 4.79 Å². The standard InChI is InChI=1S/C8H7N5O2/c14-7-5-10-13-8(11-7)12-9-4-6-2-1-3-15-6/h1-5H,(H2,11,12,13,14)/b9-4+. The molecule has 2 N–H and O–H groups in total. The molecule has 0 saturated carbocycles. The van der Waals surface area contributed by atoms with Crippen molar-refractivity contribution in [2.24, 2.45) is 5.10 Å². The quantitative estimate of drug-likeness (QED) is 0.551. The fourth-order valence-electron chi connectivity index (χ4n) is 0.885. The van der Waals surface area contributed by atoms with Crippen molar-refractivity contribution in [1.82, 2.24) is 15.2 Å². The summed E-state index contributed by atoms with van der Waals surface area (Å²) in [7, 11) is 0. The lowest BCUT2D eigenvalue weighted by atomic mass is 10.5. The van der Waals surface area contributed by atoms with Gasteiger partial charge in [-0.2, -0.15) is 5.10 Å². The first-order valence-electron chi connectivity index (χ1n) is 4.09. The smallest absolute Gasteiger partial charge is 0.271 e. The third-order valence-corrected chi connectivity index (χ3v) is 1.48. The molecule has 0 atom stereocenters. The summed E-state index contributed by atoms with van der Waals surface area (Å²) in [5.41, 5.74) is 2.16. The molecule has 0 spiro atoms. The molecule has 0 bridgehead atoms. The van der Waals surface area contributed by atoms with Crippen LogP contribution in [-0.4, -0.2) is 21.4 Å². The van der Waals surface area contributed by atoms with E-state index in [0.717, 1.165) is 6.20 Å². The molecule has 0 saturated heterocycles. The molecule has 2 aromatic rings. The number of hydrogen-bond acceptors (Lipinski definition) is 6. The monoisotopic (exact) mass is 205 g/mol. The first kappa shape index (κ1) is 9.13. The Bertz CT molecular complexity index is 502. The number of hydrogen-bond donors (Lipinski definition) is 2. The maximum absolute atomic E-state index is 10.8. The Labute approximate surface area is 83.9 Å². The Morgan fingerprint density at radius 3 is 3.27 bits per heavy atom. The molecule has 0 amide bonds. The van der Waals surface area contributed by atoms with Crippen molar-refractivity contribution in [3.05, 3.63) is 40.7 Å². The van der Waals surface area contributed by atoms with E-state index in [2.05, 4.69) is 25.7 Å². The maximum Gasteiger partial charge on any atom is 0.271 e. The van der Waals surface area contributed by atoms with Crippen molar-refractivity contribution in [2.75, 3.05) is 5.43 Å². The predicted octanol–water partition coefficient (Wildman–Crippen LogP) is 0.204. The Balaban J connectivity index is 2.02. The third-order valence-electron chi connectivity index (χ3n) is 1.48. The number of rotatable bonds is 3. The summed E-state index contributed by atoms with van der Waals surface area (Å²) in [6, 6.07) is 3.48. The molecule has 2 rings (SSSR count). The summed E-state index contributed by atoms with van der Waals surface area (Å²) in [6.07, 6.45) is 4.06. The van der Waals surface area contributed by atoms with Gasteiger partial charge in [-0.05, 0) is 12.1 Å². The van der Waals surface area contributed by atoms with Crippen LogP contribution in [0.25, 0.3) is 0 Å². The van der Waals surface area contributed by atoms with Gasteiger partial charge < -0.3 is 4.42 Å². The van der Waals surface area contributed by atoms with Crippen LogP contribution < -0.4 is 11.0 Å². The van der Waals surface area contributed by atoms with Crippen molar-refractivity contribution in [2.45, 2.75) is 0 Å². The second-order valence-electron chi connectivity index (χ2n) is 2.57. The van der Waals surface area contributed by atoms with E-state index in [4.69, 9.17) is 4.42 Å². The van der Waals surface area contributed by atoms with Crippen LogP contribution in [0.1, 0.15) is 5.76 Å². The van der Waals surface area contributed by atoms with E-state index >= 15 is 0 Å². The summed E-state index contributed by atoms with van der Waals surface area (Å²) in [6.45, 7) is 0. The highest BCUT2D eigenvalue weighted by molar-refractivity contribution is 5.76. The van der Waals surface area contributed by atoms with Crippen molar-refractivity contribution in [1.29, 1.82) is 0 Å². The van der Waals surface area contributed by atoms with E-state index in [1.807, 2.05) is 0 Å². The Hall–Kier alpha value is -2.44. The van der Waals surface area contributed by atoms with Crippen LogP contribution >= 0.6 is 0 Å². The van der Waals surface area contributed by atoms with E-state index < -0.39 is 0 Å². The molecule has 7 nitrogen and oxygen atoms in total. The average Bonchev–Trinajstić information content (AvgIpc) is 2.71. The summed E-state index contributed by atoms with van der Waals surface area (Å²) < 4.78 is 5.00. The third kappa shape index (κ3) is 2.50. The minimum absolute atomic E-state index is 0.172. The topological polar surface area (TPSA) is 96.2 Å². The molecular weight excluding hydrogens is 198 g/mol. The zero-order valence-corrected chi connectivity index (χ0v) is 7.54. The van der Waals surface area contributed by atoms with E-state index in [-0.39, 0.29) is 11.5 Å². The lowest BCUT2D eigenvalue weighted by Gasteiger charge is -1.94. The predicted molar refractivity (Wildman–Crippen MR) is 52.6 cm³/mol. The highest BCUT2D eigenvalue weighted by Crippen LogP contribution is 1.95. The van der Waals surface area contributed by atoms with Gasteiger partial charge in [-0.3, -0.25) is 9.78 Å². The highest BCUT2D eigenvalue weighted by Gasteiger charge is 1.92. The largest absolute Gasteiger partial charge is 0.463 e. The van der Waals surface area contributed by atoms with E-state index in [1.165, 1.54) is 12.5 Å². The normalized spacial score (nSPS) is 10.7. The minimum Gasteiger partial charge on any atom is -0.463 e. The van der Waals surface area contributed by atoms with Gasteiger partial charge in [0, 0.05) is 0 Å². The van der Waals surface area contributed by atoms with Gasteiger partial charge in [-0.15, -0.1) is 10.2 Å². The molecule has 0 aliphatic rings. The molecular formula is C8H7N5O2. The number of anilines is 1. The summed E-state index contributed by atoms with van der Waals surface area (Å²) >= 11 is 0. The fraction of sp³-hybridized carbons (Fsp3) is 0. The Kier molecular flexibility index (Phi) is 2.54. The van der Waals surface area contributed by atoms with Gasteiger partial charge in [0.2, 0.25) is 5.95 Å². The van der Waals surface area contributed by atoms with E-state index in [0.29, 0.717) is 5.76 Å². The number of nitrogens with one attached hydrogen (secondary N) is 2. The van der Waals surface area contributed by atoms with Crippen LogP contribution in [-0.2, 0) is 0 Å². The first-order chi connectivity index (χ1) is 7.34. The second kappa shape index (κ2) is 4.18. The number of aromatic amines is 1. The van der Waals surface area contributed by atoms with Crippen LogP contribution in [0, 0.1) is 0 Å². The molecule has 0 unspecified atom stereocenters. The first-order valence-corrected chi connectivity index (χ1v) is 4.09. The molecule has 0 fully saturated rings. The zero-order valence-electron chi connectivity index (χ0n) is 7.54. The number of aromatic nitrogens is 3. The zero-order chi connectivity index (χ0) is 10.5. The van der Waals surface area contributed by atoms with Crippen LogP contribution in [0.4, 0.5) is 5.95 Å². The lowest BCUT2D eigenvalue weighted by molar-refractivity contribution is 0.560. The molecule has 0 aromatic carbocycles. The summed E-state index contributed by atoms with van der Waals surface area (Å²) in [5, 5.41) is 10.8. The number of H-pyrrole nitrogens is 1. The van der Waals surface area contributed by atoms with Gasteiger partial charge >= 0.3 is 0 Å². The molecule has 7 heteroatoms. The lowest BCUT2D eigenvalue weighted by Crippen LogP contribution is -2.10. The van der Waals surface area contributed by atoms with Crippen LogP contribution in [0.2, 0.25) is 0 Å². The minimum atomic E-state index is -0.347. The van der Waals surface area contributed by atoms with Crippen molar-refractivity contribution in [3.63, 3.8) is 0 Å². The van der Waals surface area contributed by atoms with Crippen molar-refractivity contribution < 1.29 is 4.42 Å². The van der Waals surface area contributed by atoms with Gasteiger partial charge in [0.1, 0.15) is 12.0 Å². The van der Waals surface area contributed by atoms with Gasteiger partial charge in [0.05, 0.1) is 12.5 Å². The molecule has 0 aliphatic heterocycles. The second-order valence-corrected chi connectivity index (χ2v) is 2.57. The number of nitrogens with zero attached hydrogens (tertiary/aromatic N) is 3. The fourth-order valence-corrected chi connectivity index (χ4v) is 0.885. The Morgan fingerprint density at radius 2 is 2.53 bits per heavy atom. The Morgan fingerprint density at radius 1 is 1.60 bits per heavy atom. The average molecular weight is 205 g/mol. The molecule has 2 aromatic heterocycles. The molecule has 2 heterocycles. The maximum atomic E-state index is 10.8. The number of furan rings is 1. The van der Waals surface area contributed by atoms with Gasteiger partial charge in [-0.1, -0.05) is 0 Å².